The highest BCUT2D eigenvalue weighted by Gasteiger charge is 2.27. The molecule has 1 heterocycles. The molecule has 0 spiro atoms. The van der Waals surface area contributed by atoms with Gasteiger partial charge in [-0.3, -0.25) is 4.68 Å². The Hall–Kier alpha value is -0.580. The van der Waals surface area contributed by atoms with Crippen molar-refractivity contribution in [2.45, 2.75) is 65.1 Å². The molecule has 0 aliphatic heterocycles. The summed E-state index contributed by atoms with van der Waals surface area (Å²) in [6.07, 6.45) is 4.49. The molecule has 0 aromatic carbocycles. The van der Waals surface area contributed by atoms with Crippen LogP contribution in [0.5, 0.6) is 0 Å². The summed E-state index contributed by atoms with van der Waals surface area (Å²) >= 11 is 5.99. The maximum absolute atomic E-state index is 9.68. The average molecular weight is 288 g/mol. The molecule has 2 N–H and O–H groups in total. The van der Waals surface area contributed by atoms with Gasteiger partial charge >= 0.3 is 0 Å². The first-order chi connectivity index (χ1) is 8.94. The summed E-state index contributed by atoms with van der Waals surface area (Å²) < 4.78 is 1.93. The molecule has 1 aromatic rings. The lowest BCUT2D eigenvalue weighted by Gasteiger charge is -2.34. The second-order valence-electron chi connectivity index (χ2n) is 5.50. The summed E-state index contributed by atoms with van der Waals surface area (Å²) in [5.74, 6) is 0. The Balaban J connectivity index is 2.55. The minimum Gasteiger partial charge on any atom is -0.394 e. The molecule has 0 saturated carbocycles. The Morgan fingerprint density at radius 3 is 2.63 bits per heavy atom. The number of nitrogens with one attached hydrogen (secondary N) is 1. The molecule has 19 heavy (non-hydrogen) atoms. The standard InChI is InChI=1S/C14H26ClN3O/c1-5-14(10-19,17-11(2)3)7-6-8-18-12(4)13(15)9-16-18/h9,11,17,19H,5-8,10H2,1-4H3. The highest BCUT2D eigenvalue weighted by molar-refractivity contribution is 6.31. The van der Waals surface area contributed by atoms with Crippen LogP contribution in [-0.2, 0) is 6.54 Å². The van der Waals surface area contributed by atoms with E-state index in [-0.39, 0.29) is 12.1 Å². The van der Waals surface area contributed by atoms with Crippen molar-refractivity contribution in [3.8, 4) is 0 Å². The Morgan fingerprint density at radius 1 is 1.53 bits per heavy atom. The Morgan fingerprint density at radius 2 is 2.21 bits per heavy atom. The van der Waals surface area contributed by atoms with Crippen molar-refractivity contribution in [3.05, 3.63) is 16.9 Å². The van der Waals surface area contributed by atoms with Gasteiger partial charge in [-0.25, -0.2) is 0 Å². The third-order valence-electron chi connectivity index (χ3n) is 3.64. The third kappa shape index (κ3) is 4.48. The fourth-order valence-electron chi connectivity index (χ4n) is 2.42. The largest absolute Gasteiger partial charge is 0.394 e. The molecule has 1 unspecified atom stereocenters. The lowest BCUT2D eigenvalue weighted by atomic mass is 9.90. The van der Waals surface area contributed by atoms with E-state index in [1.807, 2.05) is 11.6 Å². The predicted molar refractivity (Wildman–Crippen MR) is 79.6 cm³/mol. The molecule has 0 aliphatic rings. The van der Waals surface area contributed by atoms with E-state index < -0.39 is 0 Å². The van der Waals surface area contributed by atoms with Gasteiger partial charge in [-0.1, -0.05) is 32.4 Å². The Kier molecular flexibility index (Phi) is 6.30. The maximum atomic E-state index is 9.68. The van der Waals surface area contributed by atoms with Crippen LogP contribution in [0.25, 0.3) is 0 Å². The monoisotopic (exact) mass is 287 g/mol. The van der Waals surface area contributed by atoms with Crippen LogP contribution in [0.3, 0.4) is 0 Å². The molecule has 110 valence electrons. The van der Waals surface area contributed by atoms with Crippen LogP contribution in [-0.4, -0.2) is 33.1 Å². The zero-order valence-corrected chi connectivity index (χ0v) is 13.2. The van der Waals surface area contributed by atoms with E-state index in [2.05, 4.69) is 31.2 Å². The van der Waals surface area contributed by atoms with Gasteiger partial charge in [0.2, 0.25) is 0 Å². The van der Waals surface area contributed by atoms with Crippen molar-refractivity contribution < 1.29 is 5.11 Å². The minimum absolute atomic E-state index is 0.167. The highest BCUT2D eigenvalue weighted by atomic mass is 35.5. The van der Waals surface area contributed by atoms with Gasteiger partial charge in [0.25, 0.3) is 0 Å². The summed E-state index contributed by atoms with van der Waals surface area (Å²) in [6.45, 7) is 9.30. The molecular weight excluding hydrogens is 262 g/mol. The van der Waals surface area contributed by atoms with Gasteiger partial charge in [0.1, 0.15) is 0 Å². The summed E-state index contributed by atoms with van der Waals surface area (Å²) in [7, 11) is 0. The van der Waals surface area contributed by atoms with Crippen molar-refractivity contribution in [1.29, 1.82) is 0 Å². The minimum atomic E-state index is -0.182. The number of aromatic nitrogens is 2. The maximum Gasteiger partial charge on any atom is 0.0814 e. The average Bonchev–Trinajstić information content (AvgIpc) is 2.69. The molecule has 1 rings (SSSR count). The van der Waals surface area contributed by atoms with Crippen molar-refractivity contribution >= 4 is 11.6 Å². The van der Waals surface area contributed by atoms with Crippen molar-refractivity contribution in [2.24, 2.45) is 0 Å². The van der Waals surface area contributed by atoms with Crippen LogP contribution in [0.2, 0.25) is 5.02 Å². The van der Waals surface area contributed by atoms with Crippen LogP contribution < -0.4 is 5.32 Å². The Bertz CT molecular complexity index is 386. The number of hydrogen-bond donors (Lipinski definition) is 2. The quantitative estimate of drug-likeness (QED) is 0.773. The van der Waals surface area contributed by atoms with Crippen LogP contribution >= 0.6 is 11.6 Å². The lowest BCUT2D eigenvalue weighted by Crippen LogP contribution is -2.51. The van der Waals surface area contributed by atoms with Crippen LogP contribution in [0.4, 0.5) is 0 Å². The first-order valence-corrected chi connectivity index (χ1v) is 7.38. The molecular formula is C14H26ClN3O. The van der Waals surface area contributed by atoms with Crippen LogP contribution in [0, 0.1) is 6.92 Å². The number of nitrogens with zero attached hydrogens (tertiary/aromatic N) is 2. The number of aryl methyl sites for hydroxylation is 1. The van der Waals surface area contributed by atoms with Gasteiger partial charge in [0.15, 0.2) is 0 Å². The van der Waals surface area contributed by atoms with Gasteiger partial charge in [0.05, 0.1) is 23.5 Å². The van der Waals surface area contributed by atoms with Crippen molar-refractivity contribution in [2.75, 3.05) is 6.61 Å². The number of hydrogen-bond acceptors (Lipinski definition) is 3. The fraction of sp³-hybridized carbons (Fsp3) is 0.786. The van der Waals surface area contributed by atoms with Gasteiger partial charge in [0, 0.05) is 18.1 Å². The molecule has 1 atom stereocenters. The molecule has 4 nitrogen and oxygen atoms in total. The van der Waals surface area contributed by atoms with Gasteiger partial charge in [-0.15, -0.1) is 0 Å². The molecule has 0 bridgehead atoms. The van der Waals surface area contributed by atoms with Crippen molar-refractivity contribution in [3.63, 3.8) is 0 Å². The summed E-state index contributed by atoms with van der Waals surface area (Å²) in [4.78, 5) is 0. The first-order valence-electron chi connectivity index (χ1n) is 7.00. The number of halogens is 1. The SMILES string of the molecule is CCC(CO)(CCCn1ncc(Cl)c1C)NC(C)C. The van der Waals surface area contributed by atoms with Crippen molar-refractivity contribution in [1.82, 2.24) is 15.1 Å². The first kappa shape index (κ1) is 16.5. The van der Waals surface area contributed by atoms with Gasteiger partial charge in [-0.05, 0) is 26.2 Å². The van der Waals surface area contributed by atoms with E-state index in [0.29, 0.717) is 11.1 Å². The second-order valence-corrected chi connectivity index (χ2v) is 5.90. The topological polar surface area (TPSA) is 50.1 Å². The zero-order chi connectivity index (χ0) is 14.5. The molecule has 0 amide bonds. The normalized spacial score (nSPS) is 14.9. The van der Waals surface area contributed by atoms with E-state index >= 15 is 0 Å². The predicted octanol–water partition coefficient (Wildman–Crippen LogP) is 2.76. The summed E-state index contributed by atoms with van der Waals surface area (Å²) in [5, 5.41) is 18.1. The number of rotatable bonds is 8. The highest BCUT2D eigenvalue weighted by Crippen LogP contribution is 2.20. The second kappa shape index (κ2) is 7.27. The van der Waals surface area contributed by atoms with Gasteiger partial charge in [-0.2, -0.15) is 5.10 Å². The van der Waals surface area contributed by atoms with E-state index in [1.165, 1.54) is 0 Å². The number of aliphatic hydroxyl groups is 1. The molecule has 5 heteroatoms. The molecule has 0 radical (unpaired) electrons. The van der Waals surface area contributed by atoms with Gasteiger partial charge < -0.3 is 10.4 Å². The summed E-state index contributed by atoms with van der Waals surface area (Å²) in [6, 6.07) is 0.369. The smallest absolute Gasteiger partial charge is 0.0814 e. The van der Waals surface area contributed by atoms with E-state index in [0.717, 1.165) is 31.5 Å². The molecule has 1 aromatic heterocycles. The Labute approximate surface area is 121 Å². The number of aliphatic hydroxyl groups excluding tert-OH is 1. The van der Waals surface area contributed by atoms with Crippen LogP contribution in [0.1, 0.15) is 45.7 Å². The summed E-state index contributed by atoms with van der Waals surface area (Å²) in [5.41, 5.74) is 0.823. The molecule has 0 saturated heterocycles. The molecule has 0 aliphatic carbocycles. The van der Waals surface area contributed by atoms with E-state index in [1.54, 1.807) is 6.20 Å². The fourth-order valence-corrected chi connectivity index (χ4v) is 2.56. The van der Waals surface area contributed by atoms with E-state index in [4.69, 9.17) is 11.6 Å². The lowest BCUT2D eigenvalue weighted by molar-refractivity contribution is 0.133. The zero-order valence-electron chi connectivity index (χ0n) is 12.4. The third-order valence-corrected chi connectivity index (χ3v) is 4.01. The van der Waals surface area contributed by atoms with E-state index in [9.17, 15) is 5.11 Å². The molecule has 0 fully saturated rings. The van der Waals surface area contributed by atoms with Crippen LogP contribution in [0.15, 0.2) is 6.20 Å².